The molecule has 0 saturated heterocycles. The molecule has 0 spiro atoms. The molecule has 16 heavy (non-hydrogen) atoms. The van der Waals surface area contributed by atoms with Crippen molar-refractivity contribution in [3.63, 3.8) is 0 Å². The molecule has 0 aliphatic rings. The molecule has 3 N–H and O–H groups in total. The Balaban J connectivity index is 2.48. The molecule has 5 heteroatoms. The Bertz CT molecular complexity index is 412. The first-order valence-corrected chi connectivity index (χ1v) is 4.62. The average molecular weight is 220 g/mol. The number of benzene rings is 1. The van der Waals surface area contributed by atoms with Crippen LogP contribution in [0.15, 0.2) is 42.0 Å². The summed E-state index contributed by atoms with van der Waals surface area (Å²) in [5.41, 5.74) is 5.71. The lowest BCUT2D eigenvalue weighted by Gasteiger charge is -2.05. The van der Waals surface area contributed by atoms with E-state index in [-0.39, 0.29) is 5.57 Å². The van der Waals surface area contributed by atoms with Crippen molar-refractivity contribution >= 4 is 17.6 Å². The van der Waals surface area contributed by atoms with E-state index in [2.05, 4.69) is 10.9 Å². The van der Waals surface area contributed by atoms with Crippen molar-refractivity contribution in [2.24, 2.45) is 0 Å². The first-order valence-electron chi connectivity index (χ1n) is 4.62. The Morgan fingerprint density at radius 1 is 1.25 bits per heavy atom. The molecule has 1 aromatic rings. The van der Waals surface area contributed by atoms with E-state index in [0.717, 1.165) is 11.8 Å². The Hall–Kier alpha value is -2.30. The number of rotatable bonds is 4. The van der Waals surface area contributed by atoms with Gasteiger partial charge >= 0.3 is 5.97 Å². The van der Waals surface area contributed by atoms with Crippen molar-refractivity contribution in [3.8, 4) is 0 Å². The first-order chi connectivity index (χ1) is 7.59. The number of nitrogens with one attached hydrogen (secondary N) is 2. The summed E-state index contributed by atoms with van der Waals surface area (Å²) in [6.07, 6.45) is 1.01. The highest BCUT2D eigenvalue weighted by molar-refractivity contribution is 5.97. The van der Waals surface area contributed by atoms with Gasteiger partial charge in [-0.25, -0.2) is 4.79 Å². The molecule has 1 aromatic carbocycles. The van der Waals surface area contributed by atoms with Gasteiger partial charge in [-0.1, -0.05) is 18.2 Å². The number of anilines is 1. The summed E-state index contributed by atoms with van der Waals surface area (Å²) in [7, 11) is 0. The SMILES string of the molecule is C/C(=C\C(=O)NNc1ccccc1)C(=O)O. The Morgan fingerprint density at radius 2 is 1.88 bits per heavy atom. The molecule has 1 rings (SSSR count). The van der Waals surface area contributed by atoms with Crippen LogP contribution < -0.4 is 10.9 Å². The second kappa shape index (κ2) is 5.55. The number of carboxylic acid groups (broad SMARTS) is 1. The van der Waals surface area contributed by atoms with Gasteiger partial charge in [-0.3, -0.25) is 15.6 Å². The van der Waals surface area contributed by atoms with Gasteiger partial charge in [0.1, 0.15) is 0 Å². The zero-order chi connectivity index (χ0) is 12.0. The highest BCUT2D eigenvalue weighted by Crippen LogP contribution is 2.02. The van der Waals surface area contributed by atoms with E-state index in [1.807, 2.05) is 18.2 Å². The number of carboxylic acids is 1. The lowest BCUT2D eigenvalue weighted by atomic mass is 10.3. The van der Waals surface area contributed by atoms with Crippen LogP contribution in [0.2, 0.25) is 0 Å². The Kier molecular flexibility index (Phi) is 4.08. The van der Waals surface area contributed by atoms with Crippen molar-refractivity contribution in [2.45, 2.75) is 6.92 Å². The minimum Gasteiger partial charge on any atom is -0.478 e. The number of hydrogen-bond acceptors (Lipinski definition) is 3. The number of amides is 1. The van der Waals surface area contributed by atoms with Gasteiger partial charge in [-0.05, 0) is 19.1 Å². The number of para-hydroxylation sites is 1. The number of hydrogen-bond donors (Lipinski definition) is 3. The predicted octanol–water partition coefficient (Wildman–Crippen LogP) is 1.16. The summed E-state index contributed by atoms with van der Waals surface area (Å²) in [5.74, 6) is -1.63. The van der Waals surface area contributed by atoms with E-state index < -0.39 is 11.9 Å². The third-order valence-corrected chi connectivity index (χ3v) is 1.79. The van der Waals surface area contributed by atoms with Crippen LogP contribution in [-0.2, 0) is 9.59 Å². The number of aliphatic carboxylic acids is 1. The summed E-state index contributed by atoms with van der Waals surface area (Å²) in [4.78, 5) is 21.7. The van der Waals surface area contributed by atoms with Gasteiger partial charge in [0.2, 0.25) is 0 Å². The molecular weight excluding hydrogens is 208 g/mol. The minimum atomic E-state index is -1.12. The van der Waals surface area contributed by atoms with Crippen LogP contribution in [0.5, 0.6) is 0 Å². The lowest BCUT2D eigenvalue weighted by molar-refractivity contribution is -0.133. The molecule has 1 amide bonds. The Labute approximate surface area is 92.8 Å². The summed E-state index contributed by atoms with van der Waals surface area (Å²) < 4.78 is 0. The second-order valence-electron chi connectivity index (χ2n) is 3.11. The van der Waals surface area contributed by atoms with E-state index >= 15 is 0 Å². The molecule has 0 unspecified atom stereocenters. The van der Waals surface area contributed by atoms with Gasteiger partial charge in [0.15, 0.2) is 0 Å². The highest BCUT2D eigenvalue weighted by atomic mass is 16.4. The van der Waals surface area contributed by atoms with Gasteiger partial charge < -0.3 is 5.11 Å². The molecule has 0 aromatic heterocycles. The molecule has 0 heterocycles. The summed E-state index contributed by atoms with van der Waals surface area (Å²) in [5, 5.41) is 8.55. The third kappa shape index (κ3) is 3.83. The standard InChI is InChI=1S/C11H12N2O3/c1-8(11(15)16)7-10(14)13-12-9-5-3-2-4-6-9/h2-7,12H,1H3,(H,13,14)(H,15,16)/b8-7+. The molecule has 0 radical (unpaired) electrons. The van der Waals surface area contributed by atoms with Gasteiger partial charge in [0.05, 0.1) is 5.69 Å². The molecule has 0 bridgehead atoms. The predicted molar refractivity (Wildman–Crippen MR) is 59.6 cm³/mol. The maximum Gasteiger partial charge on any atom is 0.331 e. The molecule has 5 nitrogen and oxygen atoms in total. The summed E-state index contributed by atoms with van der Waals surface area (Å²) >= 11 is 0. The van der Waals surface area contributed by atoms with E-state index in [1.54, 1.807) is 12.1 Å². The van der Waals surface area contributed by atoms with Gasteiger partial charge in [-0.15, -0.1) is 0 Å². The Morgan fingerprint density at radius 3 is 2.44 bits per heavy atom. The fraction of sp³-hybridized carbons (Fsp3) is 0.0909. The maximum absolute atomic E-state index is 11.2. The maximum atomic E-state index is 11.2. The summed E-state index contributed by atoms with van der Waals surface area (Å²) in [6, 6.07) is 9.02. The van der Waals surface area contributed by atoms with Crippen LogP contribution in [0, 0.1) is 0 Å². The number of carbonyl (C=O) groups is 2. The molecule has 0 saturated carbocycles. The molecule has 0 fully saturated rings. The lowest BCUT2D eigenvalue weighted by Crippen LogP contribution is -2.28. The van der Waals surface area contributed by atoms with E-state index in [4.69, 9.17) is 5.11 Å². The quantitative estimate of drug-likeness (QED) is 0.525. The van der Waals surface area contributed by atoms with Crippen molar-refractivity contribution in [1.29, 1.82) is 0 Å². The fourth-order valence-corrected chi connectivity index (χ4v) is 0.950. The molecule has 0 aliphatic heterocycles. The zero-order valence-electron chi connectivity index (χ0n) is 8.73. The fourth-order valence-electron chi connectivity index (χ4n) is 0.950. The van der Waals surface area contributed by atoms with Crippen LogP contribution in [0.25, 0.3) is 0 Å². The molecule has 84 valence electrons. The molecule has 0 aliphatic carbocycles. The zero-order valence-corrected chi connectivity index (χ0v) is 8.73. The second-order valence-corrected chi connectivity index (χ2v) is 3.11. The van der Waals surface area contributed by atoms with E-state index in [1.165, 1.54) is 6.92 Å². The minimum absolute atomic E-state index is 0.0210. The van der Waals surface area contributed by atoms with Crippen LogP contribution in [0.3, 0.4) is 0 Å². The molecular formula is C11H12N2O3. The highest BCUT2D eigenvalue weighted by Gasteiger charge is 2.03. The summed E-state index contributed by atoms with van der Waals surface area (Å²) in [6.45, 7) is 1.35. The van der Waals surface area contributed by atoms with Crippen molar-refractivity contribution in [1.82, 2.24) is 5.43 Å². The van der Waals surface area contributed by atoms with Crippen LogP contribution in [-0.4, -0.2) is 17.0 Å². The van der Waals surface area contributed by atoms with Gasteiger partial charge in [0.25, 0.3) is 5.91 Å². The average Bonchev–Trinajstić information content (AvgIpc) is 2.27. The third-order valence-electron chi connectivity index (χ3n) is 1.79. The van der Waals surface area contributed by atoms with Gasteiger partial charge in [-0.2, -0.15) is 0 Å². The number of carbonyl (C=O) groups excluding carboxylic acids is 1. The number of hydrazine groups is 1. The molecule has 0 atom stereocenters. The topological polar surface area (TPSA) is 78.4 Å². The van der Waals surface area contributed by atoms with Crippen LogP contribution >= 0.6 is 0 Å². The van der Waals surface area contributed by atoms with E-state index in [0.29, 0.717) is 0 Å². The smallest absolute Gasteiger partial charge is 0.331 e. The van der Waals surface area contributed by atoms with Gasteiger partial charge in [0, 0.05) is 11.6 Å². The van der Waals surface area contributed by atoms with E-state index in [9.17, 15) is 9.59 Å². The monoisotopic (exact) mass is 220 g/mol. The van der Waals surface area contributed by atoms with Crippen molar-refractivity contribution < 1.29 is 14.7 Å². The van der Waals surface area contributed by atoms with Crippen LogP contribution in [0.4, 0.5) is 5.69 Å². The van der Waals surface area contributed by atoms with Crippen molar-refractivity contribution in [2.75, 3.05) is 5.43 Å². The van der Waals surface area contributed by atoms with Crippen LogP contribution in [0.1, 0.15) is 6.92 Å². The first kappa shape index (κ1) is 11.8. The van der Waals surface area contributed by atoms with Crippen molar-refractivity contribution in [3.05, 3.63) is 42.0 Å². The largest absolute Gasteiger partial charge is 0.478 e. The normalized spacial score (nSPS) is 10.7.